The van der Waals surface area contributed by atoms with Gasteiger partial charge in [-0.1, -0.05) is 23.7 Å². The molecule has 1 fully saturated rings. The normalized spacial score (nSPS) is 17.2. The third-order valence-corrected chi connectivity index (χ3v) is 4.19. The molecule has 1 unspecified atom stereocenters. The fourth-order valence-corrected chi connectivity index (χ4v) is 2.84. The van der Waals surface area contributed by atoms with Crippen molar-refractivity contribution in [1.82, 2.24) is 15.1 Å². The van der Waals surface area contributed by atoms with Crippen LogP contribution in [0.2, 0.25) is 5.02 Å². The van der Waals surface area contributed by atoms with Gasteiger partial charge in [0.05, 0.1) is 12.0 Å². The minimum atomic E-state index is -0.386. The van der Waals surface area contributed by atoms with E-state index in [-0.39, 0.29) is 17.4 Å². The van der Waals surface area contributed by atoms with Crippen molar-refractivity contribution in [2.75, 3.05) is 0 Å². The maximum absolute atomic E-state index is 12.6. The number of amides is 1. The van der Waals surface area contributed by atoms with Crippen LogP contribution in [0.3, 0.4) is 0 Å². The van der Waals surface area contributed by atoms with Gasteiger partial charge in [0.2, 0.25) is 5.91 Å². The number of rotatable bonds is 5. The van der Waals surface area contributed by atoms with Gasteiger partial charge in [-0.3, -0.25) is 9.48 Å². The van der Waals surface area contributed by atoms with E-state index in [2.05, 4.69) is 10.4 Å². The number of hydrogen-bond acceptors (Lipinski definition) is 2. The Kier molecular flexibility index (Phi) is 3.72. The van der Waals surface area contributed by atoms with Crippen LogP contribution in [-0.2, 0) is 16.8 Å². The Bertz CT molecular complexity index is 635. The molecule has 0 aliphatic heterocycles. The van der Waals surface area contributed by atoms with E-state index in [4.69, 9.17) is 11.6 Å². The second-order valence-electron chi connectivity index (χ2n) is 5.70. The number of nitrogens with one attached hydrogen (secondary N) is 1. The maximum Gasteiger partial charge on any atom is 0.230 e. The van der Waals surface area contributed by atoms with Crippen LogP contribution >= 0.6 is 11.6 Å². The molecule has 4 nitrogen and oxygen atoms in total. The van der Waals surface area contributed by atoms with Gasteiger partial charge in [0, 0.05) is 23.5 Å². The highest BCUT2D eigenvalue weighted by Gasteiger charge is 2.51. The molecular weight excluding hydrogens is 286 g/mol. The highest BCUT2D eigenvalue weighted by molar-refractivity contribution is 6.30. The Morgan fingerprint density at radius 1 is 1.48 bits per heavy atom. The second kappa shape index (κ2) is 5.53. The molecule has 0 radical (unpaired) electrons. The molecule has 3 rings (SSSR count). The molecule has 2 aromatic rings. The number of nitrogens with zero attached hydrogens (tertiary/aromatic N) is 2. The molecule has 1 atom stereocenters. The molecule has 1 aromatic heterocycles. The summed E-state index contributed by atoms with van der Waals surface area (Å²) in [4.78, 5) is 12.6. The van der Waals surface area contributed by atoms with Crippen molar-refractivity contribution in [2.45, 2.75) is 37.8 Å². The van der Waals surface area contributed by atoms with Crippen LogP contribution in [0.1, 0.15) is 25.3 Å². The van der Waals surface area contributed by atoms with Gasteiger partial charge in [0.25, 0.3) is 0 Å². The van der Waals surface area contributed by atoms with Crippen LogP contribution < -0.4 is 5.32 Å². The number of halogens is 1. The largest absolute Gasteiger partial charge is 0.351 e. The molecule has 1 saturated carbocycles. The summed E-state index contributed by atoms with van der Waals surface area (Å²) in [6.07, 6.45) is 5.40. The first-order chi connectivity index (χ1) is 10.1. The highest BCUT2D eigenvalue weighted by Crippen LogP contribution is 2.48. The lowest BCUT2D eigenvalue weighted by Gasteiger charge is -2.20. The van der Waals surface area contributed by atoms with Gasteiger partial charge in [-0.15, -0.1) is 0 Å². The molecule has 0 saturated heterocycles. The fourth-order valence-electron chi connectivity index (χ4n) is 2.65. The molecule has 5 heteroatoms. The monoisotopic (exact) mass is 303 g/mol. The first-order valence-electron chi connectivity index (χ1n) is 7.15. The van der Waals surface area contributed by atoms with Crippen molar-refractivity contribution in [3.8, 4) is 0 Å². The lowest BCUT2D eigenvalue weighted by Crippen LogP contribution is -2.42. The van der Waals surface area contributed by atoms with Crippen molar-refractivity contribution in [3.63, 3.8) is 0 Å². The minimum Gasteiger partial charge on any atom is -0.351 e. The summed E-state index contributed by atoms with van der Waals surface area (Å²) >= 11 is 6.04. The number of aromatic nitrogens is 2. The number of hydrogen-bond donors (Lipinski definition) is 1. The zero-order chi connectivity index (χ0) is 14.9. The SMILES string of the molecule is CC(Cn1cccn1)NC(=O)C1(c2cccc(Cl)c2)CC1. The van der Waals surface area contributed by atoms with Crippen LogP contribution in [0.15, 0.2) is 42.7 Å². The maximum atomic E-state index is 12.6. The summed E-state index contributed by atoms with van der Waals surface area (Å²) in [5.74, 6) is 0.0874. The van der Waals surface area contributed by atoms with Gasteiger partial charge >= 0.3 is 0 Å². The van der Waals surface area contributed by atoms with Crippen LogP contribution in [0.4, 0.5) is 0 Å². The van der Waals surface area contributed by atoms with Gasteiger partial charge in [-0.05, 0) is 43.5 Å². The van der Waals surface area contributed by atoms with Crippen molar-refractivity contribution >= 4 is 17.5 Å². The minimum absolute atomic E-state index is 0.0362. The van der Waals surface area contributed by atoms with Crippen molar-refractivity contribution in [3.05, 3.63) is 53.3 Å². The van der Waals surface area contributed by atoms with Crippen LogP contribution in [-0.4, -0.2) is 21.7 Å². The van der Waals surface area contributed by atoms with Gasteiger partial charge < -0.3 is 5.32 Å². The average molecular weight is 304 g/mol. The molecule has 1 aromatic carbocycles. The smallest absolute Gasteiger partial charge is 0.230 e. The summed E-state index contributed by atoms with van der Waals surface area (Å²) in [6, 6.07) is 9.53. The number of benzene rings is 1. The standard InChI is InChI=1S/C16H18ClN3O/c1-12(11-20-9-3-8-18-20)19-15(21)16(6-7-16)13-4-2-5-14(17)10-13/h2-5,8-10,12H,6-7,11H2,1H3,(H,19,21). The van der Waals surface area contributed by atoms with E-state index in [1.807, 2.05) is 48.1 Å². The van der Waals surface area contributed by atoms with E-state index in [0.29, 0.717) is 11.6 Å². The number of carbonyl (C=O) groups excluding carboxylic acids is 1. The summed E-state index contributed by atoms with van der Waals surface area (Å²) in [6.45, 7) is 2.66. The topological polar surface area (TPSA) is 46.9 Å². The molecule has 1 N–H and O–H groups in total. The molecule has 1 aliphatic carbocycles. The Balaban J connectivity index is 1.67. The predicted octanol–water partition coefficient (Wildman–Crippen LogP) is 2.77. The van der Waals surface area contributed by atoms with E-state index >= 15 is 0 Å². The molecular formula is C16H18ClN3O. The average Bonchev–Trinajstić information content (AvgIpc) is 3.12. The lowest BCUT2D eigenvalue weighted by atomic mass is 9.94. The van der Waals surface area contributed by atoms with Crippen molar-refractivity contribution in [2.24, 2.45) is 0 Å². The van der Waals surface area contributed by atoms with Crippen LogP contribution in [0.5, 0.6) is 0 Å². The van der Waals surface area contributed by atoms with Crippen LogP contribution in [0, 0.1) is 0 Å². The Labute approximate surface area is 129 Å². The lowest BCUT2D eigenvalue weighted by molar-refractivity contribution is -0.124. The summed E-state index contributed by atoms with van der Waals surface area (Å²) in [5, 5.41) is 7.93. The van der Waals surface area contributed by atoms with Gasteiger partial charge in [0.1, 0.15) is 0 Å². The first kappa shape index (κ1) is 14.1. The third kappa shape index (κ3) is 2.95. The van der Waals surface area contributed by atoms with Crippen molar-refractivity contribution in [1.29, 1.82) is 0 Å². The summed E-state index contributed by atoms with van der Waals surface area (Å²) in [5.41, 5.74) is 0.627. The zero-order valence-electron chi connectivity index (χ0n) is 11.9. The van der Waals surface area contributed by atoms with E-state index < -0.39 is 0 Å². The first-order valence-corrected chi connectivity index (χ1v) is 7.52. The molecule has 110 valence electrons. The molecule has 1 aliphatic rings. The fraction of sp³-hybridized carbons (Fsp3) is 0.375. The van der Waals surface area contributed by atoms with Crippen molar-refractivity contribution < 1.29 is 4.79 Å². The molecule has 0 spiro atoms. The zero-order valence-corrected chi connectivity index (χ0v) is 12.7. The quantitative estimate of drug-likeness (QED) is 0.923. The molecule has 0 bridgehead atoms. The predicted molar refractivity (Wildman–Crippen MR) is 82.2 cm³/mol. The Morgan fingerprint density at radius 3 is 2.90 bits per heavy atom. The Morgan fingerprint density at radius 2 is 2.29 bits per heavy atom. The summed E-state index contributed by atoms with van der Waals surface area (Å²) < 4.78 is 1.82. The molecule has 1 amide bonds. The molecule has 1 heterocycles. The third-order valence-electron chi connectivity index (χ3n) is 3.96. The van der Waals surface area contributed by atoms with Gasteiger partial charge in [-0.25, -0.2) is 0 Å². The highest BCUT2D eigenvalue weighted by atomic mass is 35.5. The van der Waals surface area contributed by atoms with E-state index in [1.165, 1.54) is 0 Å². The van der Waals surface area contributed by atoms with E-state index in [0.717, 1.165) is 18.4 Å². The van der Waals surface area contributed by atoms with Gasteiger partial charge in [-0.2, -0.15) is 5.10 Å². The number of carbonyl (C=O) groups is 1. The Hall–Kier alpha value is -1.81. The van der Waals surface area contributed by atoms with E-state index in [9.17, 15) is 4.79 Å². The van der Waals surface area contributed by atoms with Gasteiger partial charge in [0.15, 0.2) is 0 Å². The second-order valence-corrected chi connectivity index (χ2v) is 6.13. The molecule has 21 heavy (non-hydrogen) atoms. The van der Waals surface area contributed by atoms with Crippen LogP contribution in [0.25, 0.3) is 0 Å². The van der Waals surface area contributed by atoms with E-state index in [1.54, 1.807) is 6.20 Å². The summed E-state index contributed by atoms with van der Waals surface area (Å²) in [7, 11) is 0.